The minimum Gasteiger partial charge on any atom is -0.508 e. The van der Waals surface area contributed by atoms with Gasteiger partial charge in [-0.3, -0.25) is 9.59 Å². The number of hydrogen-bond acceptors (Lipinski definition) is 5. The Morgan fingerprint density at radius 3 is 2.12 bits per heavy atom. The van der Waals surface area contributed by atoms with Crippen LogP contribution in [0.3, 0.4) is 0 Å². The third kappa shape index (κ3) is 7.49. The first-order valence-corrected chi connectivity index (χ1v) is 14.4. The highest BCUT2D eigenvalue weighted by Crippen LogP contribution is 2.43. The molecular weight excluding hydrogens is 530 g/mol. The van der Waals surface area contributed by atoms with E-state index in [9.17, 15) is 19.5 Å². The fraction of sp³-hybridized carbons (Fsp3) is 0.382. The average molecular weight is 572 g/mol. The molecule has 0 spiro atoms. The maximum absolute atomic E-state index is 14.6. The Morgan fingerprint density at radius 1 is 0.952 bits per heavy atom. The molecule has 0 bridgehead atoms. The first kappa shape index (κ1) is 30.6. The van der Waals surface area contributed by atoms with Gasteiger partial charge in [0, 0.05) is 23.7 Å². The van der Waals surface area contributed by atoms with Gasteiger partial charge in [0.2, 0.25) is 5.91 Å². The average Bonchev–Trinajstić information content (AvgIpc) is 3.64. The van der Waals surface area contributed by atoms with Crippen LogP contribution in [0.1, 0.15) is 62.4 Å². The van der Waals surface area contributed by atoms with Crippen molar-refractivity contribution < 1.29 is 24.2 Å². The van der Waals surface area contributed by atoms with E-state index in [0.29, 0.717) is 17.7 Å². The number of alkyl carbamates (subject to hydrolysis) is 1. The summed E-state index contributed by atoms with van der Waals surface area (Å²) in [6.45, 7) is 11.1. The van der Waals surface area contributed by atoms with Crippen LogP contribution in [-0.4, -0.2) is 45.6 Å². The lowest BCUT2D eigenvalue weighted by Crippen LogP contribution is -2.54. The van der Waals surface area contributed by atoms with Gasteiger partial charge in [-0.25, -0.2) is 4.79 Å². The molecule has 1 fully saturated rings. The molecule has 222 valence electrons. The summed E-state index contributed by atoms with van der Waals surface area (Å²) in [4.78, 5) is 43.3. The van der Waals surface area contributed by atoms with E-state index in [1.54, 1.807) is 43.9 Å². The Bertz CT molecular complexity index is 1410. The molecule has 3 amide bonds. The van der Waals surface area contributed by atoms with Gasteiger partial charge in [-0.2, -0.15) is 0 Å². The van der Waals surface area contributed by atoms with Crippen molar-refractivity contribution in [3.63, 3.8) is 0 Å². The van der Waals surface area contributed by atoms with Crippen LogP contribution in [0.5, 0.6) is 5.75 Å². The second-order valence-electron chi connectivity index (χ2n) is 12.1. The van der Waals surface area contributed by atoms with E-state index >= 15 is 0 Å². The molecule has 0 aliphatic heterocycles. The molecule has 1 aliphatic carbocycles. The van der Waals surface area contributed by atoms with Crippen LogP contribution >= 0.6 is 0 Å². The van der Waals surface area contributed by atoms with Crippen molar-refractivity contribution in [3.05, 3.63) is 95.1 Å². The van der Waals surface area contributed by atoms with Crippen molar-refractivity contribution in [2.75, 3.05) is 5.32 Å². The van der Waals surface area contributed by atoms with Gasteiger partial charge in [-0.1, -0.05) is 73.7 Å². The number of para-hydroxylation sites is 2. The summed E-state index contributed by atoms with van der Waals surface area (Å²) in [7, 11) is 0. The number of amides is 3. The molecule has 0 heterocycles. The molecule has 8 nitrogen and oxygen atoms in total. The van der Waals surface area contributed by atoms with E-state index in [2.05, 4.69) is 10.6 Å². The van der Waals surface area contributed by atoms with Crippen LogP contribution in [0.25, 0.3) is 0 Å². The van der Waals surface area contributed by atoms with Crippen LogP contribution in [0, 0.1) is 19.8 Å². The molecule has 3 aromatic carbocycles. The maximum Gasteiger partial charge on any atom is 0.408 e. The highest BCUT2D eigenvalue weighted by Gasteiger charge is 2.49. The summed E-state index contributed by atoms with van der Waals surface area (Å²) in [5.74, 6) is -0.833. The van der Waals surface area contributed by atoms with Crippen molar-refractivity contribution in [1.29, 1.82) is 0 Å². The largest absolute Gasteiger partial charge is 0.508 e. The molecule has 4 rings (SSSR count). The normalized spacial score (nSPS) is 17.5. The fourth-order valence-electron chi connectivity index (χ4n) is 5.19. The molecular formula is C34H41N3O5. The van der Waals surface area contributed by atoms with Crippen LogP contribution < -0.4 is 10.6 Å². The van der Waals surface area contributed by atoms with E-state index in [-0.39, 0.29) is 24.1 Å². The third-order valence-corrected chi connectivity index (χ3v) is 7.44. The zero-order valence-corrected chi connectivity index (χ0v) is 25.2. The number of phenols is 1. The van der Waals surface area contributed by atoms with E-state index < -0.39 is 35.6 Å². The van der Waals surface area contributed by atoms with Gasteiger partial charge in [0.05, 0.1) is 0 Å². The summed E-state index contributed by atoms with van der Waals surface area (Å²) in [5.41, 5.74) is 2.81. The number of nitrogens with one attached hydrogen (secondary N) is 2. The maximum atomic E-state index is 14.6. The third-order valence-electron chi connectivity index (χ3n) is 7.44. The molecule has 4 atom stereocenters. The predicted molar refractivity (Wildman–Crippen MR) is 163 cm³/mol. The molecule has 1 aliphatic rings. The highest BCUT2D eigenvalue weighted by molar-refractivity contribution is 6.00. The minimum absolute atomic E-state index is 0.0926. The molecule has 1 saturated carbocycles. The first-order chi connectivity index (χ1) is 19.9. The van der Waals surface area contributed by atoms with Crippen LogP contribution in [0.4, 0.5) is 10.5 Å². The second kappa shape index (κ2) is 12.7. The standard InChI is InChI=1S/C34H41N3O5/c1-21-13-12-14-22(2)29(21)36-31(39)30(25-17-10-11-18-28(25)38)37(27-19-23(27)3)32(40)26(20-24-15-8-7-9-16-24)35-33(41)42-34(4,5)6/h7-18,23,26-27,30,38H,19-20H2,1-6H3,(H,35,41)(H,36,39). The van der Waals surface area contributed by atoms with Crippen molar-refractivity contribution in [3.8, 4) is 5.75 Å². The SMILES string of the molecule is Cc1cccc(C)c1NC(=O)C(c1ccccc1O)N(C(=O)C(Cc1ccccc1)NC(=O)OC(C)(C)C)C1CC1C. The number of carbonyl (C=O) groups excluding carboxylic acids is 3. The summed E-state index contributed by atoms with van der Waals surface area (Å²) in [6, 6.07) is 19.3. The summed E-state index contributed by atoms with van der Waals surface area (Å²) < 4.78 is 5.51. The summed E-state index contributed by atoms with van der Waals surface area (Å²) in [6.07, 6.45) is 0.166. The van der Waals surface area contributed by atoms with Crippen LogP contribution in [0.15, 0.2) is 72.8 Å². The van der Waals surface area contributed by atoms with E-state index in [0.717, 1.165) is 16.7 Å². The molecule has 0 saturated heterocycles. The Labute approximate surface area is 248 Å². The monoisotopic (exact) mass is 571 g/mol. The highest BCUT2D eigenvalue weighted by atomic mass is 16.6. The summed E-state index contributed by atoms with van der Waals surface area (Å²) in [5, 5.41) is 16.8. The first-order valence-electron chi connectivity index (χ1n) is 14.4. The number of carbonyl (C=O) groups is 3. The quantitative estimate of drug-likeness (QED) is 0.289. The van der Waals surface area contributed by atoms with Gasteiger partial charge in [0.15, 0.2) is 0 Å². The van der Waals surface area contributed by atoms with Gasteiger partial charge in [-0.15, -0.1) is 0 Å². The number of nitrogens with zero attached hydrogens (tertiary/aromatic N) is 1. The molecule has 4 unspecified atom stereocenters. The molecule has 3 N–H and O–H groups in total. The molecule has 0 radical (unpaired) electrons. The van der Waals surface area contributed by atoms with Crippen LogP contribution in [-0.2, 0) is 20.7 Å². The number of aryl methyl sites for hydroxylation is 2. The zero-order chi connectivity index (χ0) is 30.6. The molecule has 42 heavy (non-hydrogen) atoms. The topological polar surface area (TPSA) is 108 Å². The minimum atomic E-state index is -1.15. The number of aromatic hydroxyl groups is 1. The van der Waals surface area contributed by atoms with Crippen molar-refractivity contribution in [2.24, 2.45) is 5.92 Å². The molecule has 8 heteroatoms. The van der Waals surface area contributed by atoms with Gasteiger partial charge in [0.25, 0.3) is 5.91 Å². The van der Waals surface area contributed by atoms with Gasteiger partial charge in [0.1, 0.15) is 23.4 Å². The number of hydrogen-bond donors (Lipinski definition) is 3. The Hall–Kier alpha value is -4.33. The Balaban J connectivity index is 1.77. The number of rotatable bonds is 9. The molecule has 3 aromatic rings. The van der Waals surface area contributed by atoms with Crippen molar-refractivity contribution in [2.45, 2.75) is 78.1 Å². The predicted octanol–water partition coefficient (Wildman–Crippen LogP) is 6.06. The van der Waals surface area contributed by atoms with Crippen molar-refractivity contribution >= 4 is 23.6 Å². The van der Waals surface area contributed by atoms with Gasteiger partial charge >= 0.3 is 6.09 Å². The fourth-order valence-corrected chi connectivity index (χ4v) is 5.19. The van der Waals surface area contributed by atoms with E-state index in [1.807, 2.05) is 69.3 Å². The smallest absolute Gasteiger partial charge is 0.408 e. The van der Waals surface area contributed by atoms with Crippen LogP contribution in [0.2, 0.25) is 0 Å². The van der Waals surface area contributed by atoms with Gasteiger partial charge < -0.3 is 25.4 Å². The number of ether oxygens (including phenoxy) is 1. The van der Waals surface area contributed by atoms with E-state index in [1.165, 1.54) is 6.07 Å². The number of benzene rings is 3. The lowest BCUT2D eigenvalue weighted by Gasteiger charge is -2.35. The Kier molecular flexibility index (Phi) is 9.24. The Morgan fingerprint density at radius 2 is 1.55 bits per heavy atom. The number of anilines is 1. The zero-order valence-electron chi connectivity index (χ0n) is 25.2. The number of phenolic OH excluding ortho intramolecular Hbond substituents is 1. The molecule has 0 aromatic heterocycles. The second-order valence-corrected chi connectivity index (χ2v) is 12.1. The summed E-state index contributed by atoms with van der Waals surface area (Å²) >= 11 is 0. The van der Waals surface area contributed by atoms with Crippen molar-refractivity contribution in [1.82, 2.24) is 10.2 Å². The van der Waals surface area contributed by atoms with Gasteiger partial charge in [-0.05, 0) is 69.7 Å². The lowest BCUT2D eigenvalue weighted by molar-refractivity contribution is -0.141. The van der Waals surface area contributed by atoms with E-state index in [4.69, 9.17) is 4.74 Å². The lowest BCUT2D eigenvalue weighted by atomic mass is 9.98.